The van der Waals surface area contributed by atoms with Gasteiger partial charge in [0, 0.05) is 0 Å². The number of carbonyl (C=O) groups is 1. The van der Waals surface area contributed by atoms with Crippen molar-refractivity contribution in [2.24, 2.45) is 0 Å². The third-order valence-electron chi connectivity index (χ3n) is 11.6. The van der Waals surface area contributed by atoms with Crippen LogP contribution in [-0.2, 0) is 4.79 Å². The van der Waals surface area contributed by atoms with E-state index in [1.165, 1.54) is 199 Å². The Morgan fingerprint density at radius 2 is 0.642 bits per heavy atom. The Labute approximate surface area is 330 Å². The Hall–Kier alpha value is -0.690. The summed E-state index contributed by atoms with van der Waals surface area (Å²) in [7, 11) is 0. The lowest BCUT2D eigenvalue weighted by Crippen LogP contribution is -2.53. The standard InChI is InChI=1S/C47H95NO5/c1-3-5-7-9-11-13-15-16-17-18-19-20-21-22-23-24-25-26-27-28-29-30-31-33-34-36-38-40-44(50)46(52)43(42-49)48-47(53)45(51)41-39-37-35-32-14-12-10-8-6-4-2/h43-46,49-52H,3-42H2,1-2H3,(H,48,53). The molecular formula is C47H95NO5. The fourth-order valence-electron chi connectivity index (χ4n) is 7.76. The summed E-state index contributed by atoms with van der Waals surface area (Å²) in [5.74, 6) is -0.582. The van der Waals surface area contributed by atoms with Crippen LogP contribution in [0.15, 0.2) is 0 Å². The molecule has 0 aliphatic rings. The number of hydrogen-bond acceptors (Lipinski definition) is 5. The van der Waals surface area contributed by atoms with Gasteiger partial charge in [-0.15, -0.1) is 0 Å². The summed E-state index contributed by atoms with van der Waals surface area (Å²) in [4.78, 5) is 12.5. The van der Waals surface area contributed by atoms with Gasteiger partial charge in [-0.1, -0.05) is 251 Å². The molecule has 1 amide bonds. The quantitative estimate of drug-likeness (QED) is 0.0398. The summed E-state index contributed by atoms with van der Waals surface area (Å²) in [5.41, 5.74) is 0. The molecule has 0 aromatic rings. The molecule has 0 spiro atoms. The van der Waals surface area contributed by atoms with Crippen molar-refractivity contribution in [1.29, 1.82) is 0 Å². The van der Waals surface area contributed by atoms with E-state index in [0.29, 0.717) is 12.8 Å². The van der Waals surface area contributed by atoms with E-state index in [1.807, 2.05) is 0 Å². The lowest BCUT2D eigenvalue weighted by molar-refractivity contribution is -0.132. The van der Waals surface area contributed by atoms with Gasteiger partial charge >= 0.3 is 0 Å². The second kappa shape index (κ2) is 42.5. The van der Waals surface area contributed by atoms with Gasteiger partial charge in [0.15, 0.2) is 0 Å². The molecular weight excluding hydrogens is 659 g/mol. The van der Waals surface area contributed by atoms with Crippen LogP contribution in [0.1, 0.15) is 264 Å². The van der Waals surface area contributed by atoms with E-state index in [4.69, 9.17) is 0 Å². The highest BCUT2D eigenvalue weighted by Crippen LogP contribution is 2.18. The molecule has 0 rings (SSSR count). The number of carbonyl (C=O) groups excluding carboxylic acids is 1. The summed E-state index contributed by atoms with van der Waals surface area (Å²) in [6.07, 6.45) is 45.9. The van der Waals surface area contributed by atoms with Crippen LogP contribution in [-0.4, -0.2) is 57.3 Å². The maximum Gasteiger partial charge on any atom is 0.249 e. The van der Waals surface area contributed by atoms with Crippen LogP contribution >= 0.6 is 0 Å². The Morgan fingerprint density at radius 1 is 0.396 bits per heavy atom. The smallest absolute Gasteiger partial charge is 0.249 e. The van der Waals surface area contributed by atoms with Crippen LogP contribution in [0.4, 0.5) is 0 Å². The van der Waals surface area contributed by atoms with Crippen LogP contribution in [0.25, 0.3) is 0 Å². The third kappa shape index (κ3) is 36.7. The van der Waals surface area contributed by atoms with Gasteiger partial charge in [0.1, 0.15) is 12.2 Å². The number of aliphatic hydroxyl groups excluding tert-OH is 4. The van der Waals surface area contributed by atoms with Gasteiger partial charge < -0.3 is 25.7 Å². The largest absolute Gasteiger partial charge is 0.394 e. The van der Waals surface area contributed by atoms with Crippen molar-refractivity contribution in [2.75, 3.05) is 6.61 Å². The maximum atomic E-state index is 12.5. The second-order valence-electron chi connectivity index (χ2n) is 16.8. The fourth-order valence-corrected chi connectivity index (χ4v) is 7.76. The number of aliphatic hydroxyl groups is 4. The van der Waals surface area contributed by atoms with Gasteiger partial charge in [-0.25, -0.2) is 0 Å². The molecule has 0 aromatic carbocycles. The number of unbranched alkanes of at least 4 members (excludes halogenated alkanes) is 35. The maximum absolute atomic E-state index is 12.5. The lowest BCUT2D eigenvalue weighted by atomic mass is 9.99. The third-order valence-corrected chi connectivity index (χ3v) is 11.6. The second-order valence-corrected chi connectivity index (χ2v) is 16.8. The normalized spacial score (nSPS) is 14.0. The molecule has 0 aliphatic heterocycles. The van der Waals surface area contributed by atoms with E-state index >= 15 is 0 Å². The van der Waals surface area contributed by atoms with Gasteiger partial charge in [-0.3, -0.25) is 4.79 Å². The molecule has 0 bridgehead atoms. The number of hydrogen-bond donors (Lipinski definition) is 5. The minimum atomic E-state index is -1.25. The van der Waals surface area contributed by atoms with Crippen molar-refractivity contribution < 1.29 is 25.2 Å². The molecule has 0 saturated heterocycles. The van der Waals surface area contributed by atoms with E-state index in [1.54, 1.807) is 0 Å². The Morgan fingerprint density at radius 3 is 0.906 bits per heavy atom. The molecule has 0 aromatic heterocycles. The lowest BCUT2D eigenvalue weighted by Gasteiger charge is -2.27. The van der Waals surface area contributed by atoms with Crippen molar-refractivity contribution in [3.05, 3.63) is 0 Å². The summed E-state index contributed by atoms with van der Waals surface area (Å²) >= 11 is 0. The average Bonchev–Trinajstić information content (AvgIpc) is 3.16. The zero-order valence-electron chi connectivity index (χ0n) is 35.8. The monoisotopic (exact) mass is 754 g/mol. The van der Waals surface area contributed by atoms with E-state index in [9.17, 15) is 25.2 Å². The number of amides is 1. The summed E-state index contributed by atoms with van der Waals surface area (Å²) in [5, 5.41) is 43.6. The minimum Gasteiger partial charge on any atom is -0.394 e. The topological polar surface area (TPSA) is 110 Å². The zero-order chi connectivity index (χ0) is 38.9. The summed E-state index contributed by atoms with van der Waals surface area (Å²) in [6, 6.07) is -0.978. The van der Waals surface area contributed by atoms with Crippen LogP contribution < -0.4 is 5.32 Å². The van der Waals surface area contributed by atoms with Crippen molar-refractivity contribution in [1.82, 2.24) is 5.32 Å². The van der Waals surface area contributed by atoms with Gasteiger partial charge in [0.25, 0.3) is 0 Å². The van der Waals surface area contributed by atoms with Crippen LogP contribution in [0.2, 0.25) is 0 Å². The molecule has 0 heterocycles. The predicted octanol–water partition coefficient (Wildman–Crippen LogP) is 12.8. The van der Waals surface area contributed by atoms with Crippen molar-refractivity contribution in [3.8, 4) is 0 Å². The molecule has 318 valence electrons. The number of nitrogens with one attached hydrogen (secondary N) is 1. The highest BCUT2D eigenvalue weighted by atomic mass is 16.3. The first-order valence-corrected chi connectivity index (χ1v) is 23.9. The predicted molar refractivity (Wildman–Crippen MR) is 228 cm³/mol. The Balaban J connectivity index is 3.56. The van der Waals surface area contributed by atoms with Gasteiger partial charge in [0.2, 0.25) is 5.91 Å². The molecule has 53 heavy (non-hydrogen) atoms. The molecule has 4 atom stereocenters. The Bertz CT molecular complexity index is 721. The summed E-state index contributed by atoms with van der Waals surface area (Å²) in [6.45, 7) is 4.05. The van der Waals surface area contributed by atoms with E-state index in [0.717, 1.165) is 38.5 Å². The van der Waals surface area contributed by atoms with E-state index in [-0.39, 0.29) is 0 Å². The van der Waals surface area contributed by atoms with Crippen molar-refractivity contribution >= 4 is 5.91 Å². The molecule has 0 fully saturated rings. The SMILES string of the molecule is CCCCCCCCCCCCCCCCCCCCCCCCCCCCCC(O)C(O)C(CO)NC(=O)C(O)CCCCCCCCCCCC. The molecule has 4 unspecified atom stereocenters. The van der Waals surface area contributed by atoms with E-state index < -0.39 is 36.9 Å². The van der Waals surface area contributed by atoms with E-state index in [2.05, 4.69) is 19.2 Å². The first-order chi connectivity index (χ1) is 26.0. The minimum absolute atomic E-state index is 0.374. The molecule has 6 nitrogen and oxygen atoms in total. The fraction of sp³-hybridized carbons (Fsp3) is 0.979. The summed E-state index contributed by atoms with van der Waals surface area (Å²) < 4.78 is 0. The van der Waals surface area contributed by atoms with Crippen molar-refractivity contribution in [2.45, 2.75) is 289 Å². The van der Waals surface area contributed by atoms with Crippen molar-refractivity contribution in [3.63, 3.8) is 0 Å². The molecule has 6 heteroatoms. The van der Waals surface area contributed by atoms with Gasteiger partial charge in [-0.2, -0.15) is 0 Å². The van der Waals surface area contributed by atoms with Crippen LogP contribution in [0, 0.1) is 0 Å². The first-order valence-electron chi connectivity index (χ1n) is 23.9. The van der Waals surface area contributed by atoms with Crippen LogP contribution in [0.3, 0.4) is 0 Å². The van der Waals surface area contributed by atoms with Gasteiger partial charge in [0.05, 0.1) is 18.8 Å². The Kier molecular flexibility index (Phi) is 41.9. The molecule has 0 saturated carbocycles. The molecule has 0 radical (unpaired) electrons. The average molecular weight is 754 g/mol. The highest BCUT2D eigenvalue weighted by Gasteiger charge is 2.28. The molecule has 5 N–H and O–H groups in total. The van der Waals surface area contributed by atoms with Crippen LogP contribution in [0.5, 0.6) is 0 Å². The van der Waals surface area contributed by atoms with Gasteiger partial charge in [-0.05, 0) is 12.8 Å². The first kappa shape index (κ1) is 52.3. The zero-order valence-corrected chi connectivity index (χ0v) is 35.8. The highest BCUT2D eigenvalue weighted by molar-refractivity contribution is 5.80. The number of rotatable bonds is 44. The molecule has 0 aliphatic carbocycles.